The number of rotatable bonds is 1. The molecule has 1 aromatic rings. The van der Waals surface area contributed by atoms with Gasteiger partial charge in [-0.1, -0.05) is 6.07 Å². The van der Waals surface area contributed by atoms with E-state index in [0.29, 0.717) is 6.42 Å². The van der Waals surface area contributed by atoms with E-state index in [2.05, 4.69) is 0 Å². The summed E-state index contributed by atoms with van der Waals surface area (Å²) in [6.45, 7) is 0. The highest BCUT2D eigenvalue weighted by atomic mass is 16.4. The Balaban J connectivity index is 2.09. The Morgan fingerprint density at radius 3 is 2.75 bits per heavy atom. The highest BCUT2D eigenvalue weighted by Crippen LogP contribution is 2.58. The van der Waals surface area contributed by atoms with Crippen LogP contribution in [-0.4, -0.2) is 16.2 Å². The number of benzene rings is 1. The van der Waals surface area contributed by atoms with Crippen molar-refractivity contribution in [2.24, 2.45) is 5.92 Å². The minimum atomic E-state index is -0.670. The molecule has 1 spiro atoms. The first-order valence-corrected chi connectivity index (χ1v) is 5.69. The molecule has 1 aromatic carbocycles. The van der Waals surface area contributed by atoms with Gasteiger partial charge in [-0.05, 0) is 48.9 Å². The second kappa shape index (κ2) is 3.00. The summed E-state index contributed by atoms with van der Waals surface area (Å²) in [5.74, 6) is -0.621. The van der Waals surface area contributed by atoms with Crippen LogP contribution < -0.4 is 0 Å². The summed E-state index contributed by atoms with van der Waals surface area (Å²) in [5, 5.41) is 18.7. The molecule has 1 saturated carbocycles. The van der Waals surface area contributed by atoms with E-state index < -0.39 is 5.97 Å². The van der Waals surface area contributed by atoms with Crippen molar-refractivity contribution in [3.05, 3.63) is 29.3 Å². The topological polar surface area (TPSA) is 57.5 Å². The molecule has 0 heterocycles. The number of hydrogen-bond donors (Lipinski definition) is 2. The third kappa shape index (κ3) is 1.17. The summed E-state index contributed by atoms with van der Waals surface area (Å²) in [7, 11) is 0. The van der Waals surface area contributed by atoms with Crippen molar-refractivity contribution in [2.45, 2.75) is 31.1 Å². The minimum Gasteiger partial charge on any atom is -0.508 e. The fourth-order valence-electron chi connectivity index (χ4n) is 3.15. The van der Waals surface area contributed by atoms with Gasteiger partial charge in [-0.25, -0.2) is 0 Å². The quantitative estimate of drug-likeness (QED) is 0.758. The molecular formula is C13H14O3. The standard InChI is InChI=1S/C13H14O3/c14-9-2-4-10-8(7-9)1-3-11(12(15)16)13(10)5-6-13/h2,4,7,11,14H,1,3,5-6H2,(H,15,16). The van der Waals surface area contributed by atoms with Crippen LogP contribution in [0.2, 0.25) is 0 Å². The highest BCUT2D eigenvalue weighted by Gasteiger charge is 2.55. The number of aryl methyl sites for hydroxylation is 1. The molecule has 0 radical (unpaired) electrons. The van der Waals surface area contributed by atoms with Crippen molar-refractivity contribution in [3.8, 4) is 5.75 Å². The molecule has 1 atom stereocenters. The molecule has 3 rings (SSSR count). The number of phenolic OH excluding ortho intramolecular Hbond substituents is 1. The number of carboxylic acid groups (broad SMARTS) is 1. The maximum absolute atomic E-state index is 11.2. The van der Waals surface area contributed by atoms with Crippen molar-refractivity contribution in [2.75, 3.05) is 0 Å². The molecule has 2 aliphatic carbocycles. The lowest BCUT2D eigenvalue weighted by molar-refractivity contribution is -0.143. The predicted molar refractivity (Wildman–Crippen MR) is 58.5 cm³/mol. The lowest BCUT2D eigenvalue weighted by Gasteiger charge is -2.31. The van der Waals surface area contributed by atoms with E-state index in [1.165, 1.54) is 0 Å². The van der Waals surface area contributed by atoms with Crippen LogP contribution in [-0.2, 0) is 16.6 Å². The van der Waals surface area contributed by atoms with Crippen molar-refractivity contribution in [3.63, 3.8) is 0 Å². The largest absolute Gasteiger partial charge is 0.508 e. The first-order valence-electron chi connectivity index (χ1n) is 5.69. The average molecular weight is 218 g/mol. The van der Waals surface area contributed by atoms with Crippen LogP contribution in [0.1, 0.15) is 30.4 Å². The Morgan fingerprint density at radius 2 is 2.12 bits per heavy atom. The molecule has 0 saturated heterocycles. The minimum absolute atomic E-state index is 0.118. The third-order valence-electron chi connectivity index (χ3n) is 4.08. The number of carboxylic acids is 1. The first-order chi connectivity index (χ1) is 7.63. The number of carbonyl (C=O) groups is 1. The van der Waals surface area contributed by atoms with Gasteiger partial charge in [0, 0.05) is 5.41 Å². The fraction of sp³-hybridized carbons (Fsp3) is 0.462. The van der Waals surface area contributed by atoms with E-state index in [0.717, 1.165) is 30.4 Å². The Kier molecular flexibility index (Phi) is 1.82. The molecule has 0 bridgehead atoms. The van der Waals surface area contributed by atoms with Gasteiger partial charge >= 0.3 is 5.97 Å². The van der Waals surface area contributed by atoms with Gasteiger partial charge in [0.25, 0.3) is 0 Å². The summed E-state index contributed by atoms with van der Waals surface area (Å²) in [4.78, 5) is 11.2. The monoisotopic (exact) mass is 218 g/mol. The molecule has 2 aliphatic rings. The number of fused-ring (bicyclic) bond motifs is 2. The third-order valence-corrected chi connectivity index (χ3v) is 4.08. The number of hydrogen-bond acceptors (Lipinski definition) is 2. The van der Waals surface area contributed by atoms with E-state index in [-0.39, 0.29) is 17.1 Å². The maximum atomic E-state index is 11.2. The second-order valence-corrected chi connectivity index (χ2v) is 4.93. The fourth-order valence-corrected chi connectivity index (χ4v) is 3.15. The van der Waals surface area contributed by atoms with Crippen molar-refractivity contribution in [1.29, 1.82) is 0 Å². The molecule has 3 nitrogen and oxygen atoms in total. The molecular weight excluding hydrogens is 204 g/mol. The van der Waals surface area contributed by atoms with Gasteiger partial charge in [0.15, 0.2) is 0 Å². The lowest BCUT2D eigenvalue weighted by atomic mass is 9.72. The zero-order valence-electron chi connectivity index (χ0n) is 8.94. The van der Waals surface area contributed by atoms with E-state index in [9.17, 15) is 15.0 Å². The van der Waals surface area contributed by atoms with Crippen LogP contribution in [0.3, 0.4) is 0 Å². The van der Waals surface area contributed by atoms with Crippen LogP contribution in [0.5, 0.6) is 5.75 Å². The van der Waals surface area contributed by atoms with Gasteiger partial charge in [-0.3, -0.25) is 4.79 Å². The van der Waals surface area contributed by atoms with Gasteiger partial charge in [0.05, 0.1) is 5.92 Å². The van der Waals surface area contributed by atoms with Crippen molar-refractivity contribution >= 4 is 5.97 Å². The molecule has 3 heteroatoms. The van der Waals surface area contributed by atoms with Crippen molar-refractivity contribution < 1.29 is 15.0 Å². The van der Waals surface area contributed by atoms with Crippen LogP contribution in [0.15, 0.2) is 18.2 Å². The predicted octanol–water partition coefficient (Wildman–Crippen LogP) is 2.07. The lowest BCUT2D eigenvalue weighted by Crippen LogP contribution is -2.33. The van der Waals surface area contributed by atoms with Crippen LogP contribution in [0.25, 0.3) is 0 Å². The van der Waals surface area contributed by atoms with E-state index >= 15 is 0 Å². The molecule has 1 fully saturated rings. The zero-order valence-corrected chi connectivity index (χ0v) is 8.94. The summed E-state index contributed by atoms with van der Waals surface area (Å²) in [5.41, 5.74) is 2.17. The Morgan fingerprint density at radius 1 is 1.38 bits per heavy atom. The Hall–Kier alpha value is -1.51. The second-order valence-electron chi connectivity index (χ2n) is 4.93. The molecule has 16 heavy (non-hydrogen) atoms. The number of aliphatic carboxylic acids is 1. The summed E-state index contributed by atoms with van der Waals surface area (Å²) in [6.07, 6.45) is 3.41. The van der Waals surface area contributed by atoms with Gasteiger partial charge in [0.2, 0.25) is 0 Å². The first kappa shape index (κ1) is 9.70. The van der Waals surface area contributed by atoms with E-state index in [1.807, 2.05) is 6.07 Å². The summed E-state index contributed by atoms with van der Waals surface area (Å²) < 4.78 is 0. The van der Waals surface area contributed by atoms with Gasteiger partial charge in [-0.15, -0.1) is 0 Å². The highest BCUT2D eigenvalue weighted by molar-refractivity contribution is 5.74. The molecule has 84 valence electrons. The van der Waals surface area contributed by atoms with Crippen LogP contribution in [0.4, 0.5) is 0 Å². The number of aromatic hydroxyl groups is 1. The van der Waals surface area contributed by atoms with Gasteiger partial charge in [0.1, 0.15) is 5.75 Å². The van der Waals surface area contributed by atoms with E-state index in [1.54, 1.807) is 12.1 Å². The molecule has 0 aromatic heterocycles. The molecule has 0 amide bonds. The Bertz CT molecular complexity index is 460. The SMILES string of the molecule is O=C(O)C1CCc2cc(O)ccc2C12CC2. The smallest absolute Gasteiger partial charge is 0.307 e. The average Bonchev–Trinajstić information content (AvgIpc) is 2.98. The van der Waals surface area contributed by atoms with Crippen molar-refractivity contribution in [1.82, 2.24) is 0 Å². The number of phenols is 1. The van der Waals surface area contributed by atoms with Gasteiger partial charge in [-0.2, -0.15) is 0 Å². The normalized spacial score (nSPS) is 25.1. The summed E-state index contributed by atoms with van der Waals surface area (Å²) in [6, 6.07) is 5.36. The molecule has 1 unspecified atom stereocenters. The van der Waals surface area contributed by atoms with Crippen LogP contribution >= 0.6 is 0 Å². The zero-order chi connectivity index (χ0) is 11.3. The van der Waals surface area contributed by atoms with E-state index in [4.69, 9.17) is 0 Å². The molecule has 2 N–H and O–H groups in total. The van der Waals surface area contributed by atoms with Gasteiger partial charge < -0.3 is 10.2 Å². The molecule has 0 aliphatic heterocycles. The maximum Gasteiger partial charge on any atom is 0.307 e. The van der Waals surface area contributed by atoms with Crippen LogP contribution in [0, 0.1) is 5.92 Å². The Labute approximate surface area is 93.7 Å². The summed E-state index contributed by atoms with van der Waals surface area (Å²) >= 11 is 0.